The third kappa shape index (κ3) is 2.72. The van der Waals surface area contributed by atoms with Crippen LogP contribution in [0.2, 0.25) is 0 Å². The van der Waals surface area contributed by atoms with Gasteiger partial charge in [-0.15, -0.1) is 0 Å². The molecule has 3 nitrogen and oxygen atoms in total. The minimum Gasteiger partial charge on any atom is -0.356 e. The molecule has 21 heavy (non-hydrogen) atoms. The van der Waals surface area contributed by atoms with Gasteiger partial charge in [-0.05, 0) is 11.1 Å². The summed E-state index contributed by atoms with van der Waals surface area (Å²) >= 11 is 0. The lowest BCUT2D eigenvalue weighted by Gasteiger charge is -2.28. The van der Waals surface area contributed by atoms with Crippen molar-refractivity contribution >= 4 is 0 Å². The number of hydrogen-bond donors (Lipinski definition) is 0. The van der Waals surface area contributed by atoms with Gasteiger partial charge in [0.15, 0.2) is 12.1 Å². The van der Waals surface area contributed by atoms with E-state index in [1.54, 1.807) is 14.2 Å². The molecule has 2 unspecified atom stereocenters. The molecule has 1 heterocycles. The van der Waals surface area contributed by atoms with Crippen LogP contribution in [0.4, 0.5) is 0 Å². The van der Waals surface area contributed by atoms with E-state index in [1.807, 2.05) is 18.2 Å². The standard InChI is InChI=1S/C18H20O3/c1-19-17-12-13-18(20-2,21-17)16-10-8-15(9-11-16)14-6-4-3-5-7-14/h3-11,17H,12-13H2,1-2H3. The summed E-state index contributed by atoms with van der Waals surface area (Å²) in [5.41, 5.74) is 3.42. The van der Waals surface area contributed by atoms with Gasteiger partial charge in [0.1, 0.15) is 0 Å². The summed E-state index contributed by atoms with van der Waals surface area (Å²) in [4.78, 5) is 0. The van der Waals surface area contributed by atoms with Gasteiger partial charge in [0.05, 0.1) is 0 Å². The molecule has 1 aliphatic heterocycles. The molecular formula is C18H20O3. The minimum absolute atomic E-state index is 0.196. The van der Waals surface area contributed by atoms with Gasteiger partial charge in [-0.3, -0.25) is 0 Å². The van der Waals surface area contributed by atoms with Crippen molar-refractivity contribution in [2.45, 2.75) is 24.9 Å². The van der Waals surface area contributed by atoms with Gasteiger partial charge in [-0.1, -0.05) is 54.6 Å². The second kappa shape index (κ2) is 5.98. The van der Waals surface area contributed by atoms with E-state index < -0.39 is 5.79 Å². The van der Waals surface area contributed by atoms with Crippen LogP contribution in [0.5, 0.6) is 0 Å². The van der Waals surface area contributed by atoms with Crippen LogP contribution in [-0.2, 0) is 20.0 Å². The number of rotatable bonds is 4. The Balaban J connectivity index is 1.87. The zero-order chi connectivity index (χ0) is 14.7. The molecule has 110 valence electrons. The summed E-state index contributed by atoms with van der Waals surface area (Å²) in [5, 5.41) is 0. The Morgan fingerprint density at radius 1 is 0.952 bits per heavy atom. The summed E-state index contributed by atoms with van der Waals surface area (Å²) < 4.78 is 16.9. The summed E-state index contributed by atoms with van der Waals surface area (Å²) in [6.07, 6.45) is 1.44. The van der Waals surface area contributed by atoms with Crippen molar-refractivity contribution < 1.29 is 14.2 Å². The Labute approximate surface area is 125 Å². The van der Waals surface area contributed by atoms with Crippen molar-refractivity contribution in [1.29, 1.82) is 0 Å². The van der Waals surface area contributed by atoms with E-state index in [4.69, 9.17) is 14.2 Å². The Hall–Kier alpha value is -1.68. The van der Waals surface area contributed by atoms with Gasteiger partial charge in [0.2, 0.25) is 0 Å². The molecule has 1 fully saturated rings. The van der Waals surface area contributed by atoms with Crippen LogP contribution in [0.15, 0.2) is 54.6 Å². The maximum atomic E-state index is 5.93. The first-order valence-corrected chi connectivity index (χ1v) is 7.19. The summed E-state index contributed by atoms with van der Waals surface area (Å²) in [6.45, 7) is 0. The lowest BCUT2D eigenvalue weighted by Crippen LogP contribution is -2.29. The molecule has 0 spiro atoms. The number of methoxy groups -OCH3 is 2. The predicted molar refractivity (Wildman–Crippen MR) is 81.7 cm³/mol. The fourth-order valence-corrected chi connectivity index (χ4v) is 2.83. The average molecular weight is 284 g/mol. The average Bonchev–Trinajstić information content (AvgIpc) is 3.01. The van der Waals surface area contributed by atoms with Gasteiger partial charge in [0.25, 0.3) is 0 Å². The van der Waals surface area contributed by atoms with E-state index in [1.165, 1.54) is 11.1 Å². The maximum absolute atomic E-state index is 5.93. The van der Waals surface area contributed by atoms with Crippen LogP contribution in [-0.4, -0.2) is 20.5 Å². The molecule has 0 aromatic heterocycles. The third-order valence-corrected chi connectivity index (χ3v) is 4.06. The molecule has 0 bridgehead atoms. The van der Waals surface area contributed by atoms with Crippen LogP contribution in [0.1, 0.15) is 18.4 Å². The van der Waals surface area contributed by atoms with Gasteiger partial charge >= 0.3 is 0 Å². The predicted octanol–water partition coefficient (Wildman–Crippen LogP) is 3.94. The maximum Gasteiger partial charge on any atom is 0.197 e. The molecule has 2 aromatic rings. The van der Waals surface area contributed by atoms with E-state index in [0.29, 0.717) is 0 Å². The van der Waals surface area contributed by atoms with Crippen molar-refractivity contribution in [2.24, 2.45) is 0 Å². The van der Waals surface area contributed by atoms with Crippen molar-refractivity contribution in [3.05, 3.63) is 60.2 Å². The van der Waals surface area contributed by atoms with Crippen molar-refractivity contribution in [3.8, 4) is 11.1 Å². The Morgan fingerprint density at radius 3 is 2.19 bits per heavy atom. The van der Waals surface area contributed by atoms with Crippen molar-refractivity contribution in [1.82, 2.24) is 0 Å². The van der Waals surface area contributed by atoms with Gasteiger partial charge in [0, 0.05) is 32.6 Å². The number of ether oxygens (including phenoxy) is 3. The molecule has 1 aliphatic rings. The first-order chi connectivity index (χ1) is 10.3. The quantitative estimate of drug-likeness (QED) is 0.851. The van der Waals surface area contributed by atoms with Crippen LogP contribution < -0.4 is 0 Å². The van der Waals surface area contributed by atoms with Crippen LogP contribution in [0, 0.1) is 0 Å². The van der Waals surface area contributed by atoms with Gasteiger partial charge in [-0.25, -0.2) is 0 Å². The first-order valence-electron chi connectivity index (χ1n) is 7.19. The molecule has 2 atom stereocenters. The summed E-state index contributed by atoms with van der Waals surface area (Å²) in [5.74, 6) is -0.685. The Kier molecular flexibility index (Phi) is 4.06. The largest absolute Gasteiger partial charge is 0.356 e. The van der Waals surface area contributed by atoms with Crippen molar-refractivity contribution in [2.75, 3.05) is 14.2 Å². The van der Waals surface area contributed by atoms with Gasteiger partial charge in [-0.2, -0.15) is 0 Å². The van der Waals surface area contributed by atoms with E-state index in [2.05, 4.69) is 36.4 Å². The first kappa shape index (κ1) is 14.3. The lowest BCUT2D eigenvalue weighted by molar-refractivity contribution is -0.263. The number of hydrogen-bond acceptors (Lipinski definition) is 3. The zero-order valence-electron chi connectivity index (χ0n) is 12.4. The molecule has 3 rings (SSSR count). The molecular weight excluding hydrogens is 264 g/mol. The molecule has 0 saturated carbocycles. The van der Waals surface area contributed by atoms with Crippen LogP contribution in [0.3, 0.4) is 0 Å². The molecule has 0 radical (unpaired) electrons. The highest BCUT2D eigenvalue weighted by Crippen LogP contribution is 2.40. The van der Waals surface area contributed by atoms with E-state index in [0.717, 1.165) is 18.4 Å². The van der Waals surface area contributed by atoms with Crippen LogP contribution in [0.25, 0.3) is 11.1 Å². The lowest BCUT2D eigenvalue weighted by atomic mass is 9.98. The normalized spacial score (nSPS) is 25.1. The van der Waals surface area contributed by atoms with E-state index in [-0.39, 0.29) is 6.29 Å². The SMILES string of the molecule is COC1CCC(OC)(c2ccc(-c3ccccc3)cc2)O1. The fraction of sp³-hybridized carbons (Fsp3) is 0.333. The molecule has 3 heteroatoms. The zero-order valence-corrected chi connectivity index (χ0v) is 12.4. The monoisotopic (exact) mass is 284 g/mol. The minimum atomic E-state index is -0.685. The van der Waals surface area contributed by atoms with E-state index in [9.17, 15) is 0 Å². The molecule has 2 aromatic carbocycles. The Bertz CT molecular complexity index is 579. The Morgan fingerprint density at radius 2 is 1.62 bits per heavy atom. The highest BCUT2D eigenvalue weighted by molar-refractivity contribution is 5.63. The molecule has 0 amide bonds. The highest BCUT2D eigenvalue weighted by atomic mass is 16.8. The highest BCUT2D eigenvalue weighted by Gasteiger charge is 2.42. The van der Waals surface area contributed by atoms with Crippen LogP contribution >= 0.6 is 0 Å². The third-order valence-electron chi connectivity index (χ3n) is 4.06. The fourth-order valence-electron chi connectivity index (χ4n) is 2.83. The van der Waals surface area contributed by atoms with Gasteiger partial charge < -0.3 is 14.2 Å². The molecule has 0 N–H and O–H groups in total. The number of benzene rings is 2. The topological polar surface area (TPSA) is 27.7 Å². The van der Waals surface area contributed by atoms with E-state index >= 15 is 0 Å². The summed E-state index contributed by atoms with van der Waals surface area (Å²) in [6, 6.07) is 18.7. The second-order valence-corrected chi connectivity index (χ2v) is 5.22. The molecule has 0 aliphatic carbocycles. The van der Waals surface area contributed by atoms with Crippen molar-refractivity contribution in [3.63, 3.8) is 0 Å². The molecule has 1 saturated heterocycles. The smallest absolute Gasteiger partial charge is 0.197 e. The summed E-state index contributed by atoms with van der Waals surface area (Å²) in [7, 11) is 3.35. The second-order valence-electron chi connectivity index (χ2n) is 5.22.